The third kappa shape index (κ3) is 5.35. The molecular weight excluding hydrogens is 508 g/mol. The number of aryl methyl sites for hydroxylation is 3. The highest BCUT2D eigenvalue weighted by Crippen LogP contribution is 2.29. The van der Waals surface area contributed by atoms with E-state index in [1.54, 1.807) is 24.3 Å². The zero-order valence-electron chi connectivity index (χ0n) is 19.7. The molecular formula is C28H25BrN2O4. The molecule has 4 amide bonds. The van der Waals surface area contributed by atoms with Crippen molar-refractivity contribution >= 4 is 45.5 Å². The van der Waals surface area contributed by atoms with Gasteiger partial charge in [-0.2, -0.15) is 0 Å². The molecule has 0 radical (unpaired) electrons. The number of rotatable bonds is 6. The molecule has 0 aliphatic carbocycles. The Morgan fingerprint density at radius 2 is 1.63 bits per heavy atom. The third-order valence-corrected chi connectivity index (χ3v) is 6.44. The number of carbonyl (C=O) groups excluding carboxylic acids is 3. The Balaban J connectivity index is 1.65. The average Bonchev–Trinajstić information content (AvgIpc) is 2.83. The van der Waals surface area contributed by atoms with Crippen LogP contribution in [0.5, 0.6) is 5.75 Å². The van der Waals surface area contributed by atoms with Crippen LogP contribution in [0.3, 0.4) is 0 Å². The highest BCUT2D eigenvalue weighted by atomic mass is 79.9. The van der Waals surface area contributed by atoms with Crippen LogP contribution in [-0.2, 0) is 22.6 Å². The first-order valence-electron chi connectivity index (χ1n) is 11.3. The normalized spacial score (nSPS) is 14.9. The first-order chi connectivity index (χ1) is 16.8. The maximum absolute atomic E-state index is 13.3. The van der Waals surface area contributed by atoms with Crippen molar-refractivity contribution in [1.82, 2.24) is 5.32 Å². The maximum atomic E-state index is 13.3. The highest BCUT2D eigenvalue weighted by molar-refractivity contribution is 9.10. The van der Waals surface area contributed by atoms with Crippen LogP contribution in [-0.4, -0.2) is 17.8 Å². The Hall–Kier alpha value is -3.71. The molecule has 1 saturated heterocycles. The fraction of sp³-hybridized carbons (Fsp3) is 0.179. The van der Waals surface area contributed by atoms with Gasteiger partial charge in [-0.3, -0.25) is 14.9 Å². The SMILES string of the molecule is CCc1ccc(N2C(=O)NC(=O)/C(=C\c3cc(Br)ccc3OCc3ccc(C)c(C)c3)C2=O)cc1. The number of ether oxygens (including phenoxy) is 1. The quantitative estimate of drug-likeness (QED) is 0.318. The lowest BCUT2D eigenvalue weighted by Crippen LogP contribution is -2.54. The van der Waals surface area contributed by atoms with Crippen LogP contribution in [0, 0.1) is 13.8 Å². The molecule has 1 aliphatic rings. The van der Waals surface area contributed by atoms with Crippen LogP contribution in [0.4, 0.5) is 10.5 Å². The second kappa shape index (κ2) is 10.3. The number of nitrogens with zero attached hydrogens (tertiary/aromatic N) is 1. The summed E-state index contributed by atoms with van der Waals surface area (Å²) in [5.74, 6) is -0.931. The molecule has 0 unspecified atom stereocenters. The van der Waals surface area contributed by atoms with E-state index in [-0.39, 0.29) is 5.57 Å². The summed E-state index contributed by atoms with van der Waals surface area (Å²) in [5, 5.41) is 2.27. The van der Waals surface area contributed by atoms with Gasteiger partial charge in [0.2, 0.25) is 0 Å². The maximum Gasteiger partial charge on any atom is 0.335 e. The number of nitrogens with one attached hydrogen (secondary N) is 1. The zero-order valence-corrected chi connectivity index (χ0v) is 21.3. The molecule has 1 fully saturated rings. The van der Waals surface area contributed by atoms with Gasteiger partial charge in [0.1, 0.15) is 17.9 Å². The van der Waals surface area contributed by atoms with Gasteiger partial charge < -0.3 is 4.74 Å². The smallest absolute Gasteiger partial charge is 0.335 e. The van der Waals surface area contributed by atoms with Gasteiger partial charge in [0, 0.05) is 10.0 Å². The molecule has 0 bridgehead atoms. The number of barbiturate groups is 1. The largest absolute Gasteiger partial charge is 0.488 e. The van der Waals surface area contributed by atoms with Crippen LogP contribution < -0.4 is 15.0 Å². The fourth-order valence-electron chi connectivity index (χ4n) is 3.75. The van der Waals surface area contributed by atoms with Gasteiger partial charge in [0.05, 0.1) is 5.69 Å². The first-order valence-corrected chi connectivity index (χ1v) is 12.0. The average molecular weight is 533 g/mol. The van der Waals surface area contributed by atoms with Crippen molar-refractivity contribution < 1.29 is 19.1 Å². The number of hydrogen-bond donors (Lipinski definition) is 1. The van der Waals surface area contributed by atoms with E-state index in [2.05, 4.69) is 34.2 Å². The Bertz CT molecular complexity index is 1350. The number of halogens is 1. The van der Waals surface area contributed by atoms with Gasteiger partial charge in [0.25, 0.3) is 11.8 Å². The molecule has 1 N–H and O–H groups in total. The summed E-state index contributed by atoms with van der Waals surface area (Å²) in [6, 6.07) is 17.8. The van der Waals surface area contributed by atoms with Crippen LogP contribution in [0.2, 0.25) is 0 Å². The van der Waals surface area contributed by atoms with E-state index in [0.29, 0.717) is 23.6 Å². The van der Waals surface area contributed by atoms with Gasteiger partial charge in [-0.05, 0) is 78.9 Å². The summed E-state index contributed by atoms with van der Waals surface area (Å²) in [4.78, 5) is 39.4. The van der Waals surface area contributed by atoms with Crippen molar-refractivity contribution in [2.24, 2.45) is 0 Å². The van der Waals surface area contributed by atoms with Gasteiger partial charge in [-0.15, -0.1) is 0 Å². The van der Waals surface area contributed by atoms with E-state index >= 15 is 0 Å². The summed E-state index contributed by atoms with van der Waals surface area (Å²) in [6.07, 6.45) is 2.29. The summed E-state index contributed by atoms with van der Waals surface area (Å²) in [7, 11) is 0. The molecule has 0 atom stereocenters. The molecule has 4 rings (SSSR count). The number of carbonyl (C=O) groups is 3. The van der Waals surface area contributed by atoms with Crippen molar-refractivity contribution in [1.29, 1.82) is 0 Å². The lowest BCUT2D eigenvalue weighted by Gasteiger charge is -2.26. The van der Waals surface area contributed by atoms with Crippen LogP contribution in [0.25, 0.3) is 6.08 Å². The van der Waals surface area contributed by atoms with Gasteiger partial charge in [-0.25, -0.2) is 9.69 Å². The highest BCUT2D eigenvalue weighted by Gasteiger charge is 2.37. The monoisotopic (exact) mass is 532 g/mol. The predicted molar refractivity (Wildman–Crippen MR) is 139 cm³/mol. The predicted octanol–water partition coefficient (Wildman–Crippen LogP) is 5.87. The molecule has 3 aromatic rings. The Morgan fingerprint density at radius 1 is 0.914 bits per heavy atom. The minimum absolute atomic E-state index is 0.154. The number of hydrogen-bond acceptors (Lipinski definition) is 4. The molecule has 1 aliphatic heterocycles. The molecule has 35 heavy (non-hydrogen) atoms. The van der Waals surface area contributed by atoms with Crippen molar-refractivity contribution in [3.63, 3.8) is 0 Å². The minimum Gasteiger partial charge on any atom is -0.488 e. The number of urea groups is 1. The lowest BCUT2D eigenvalue weighted by atomic mass is 10.1. The van der Waals surface area contributed by atoms with Crippen molar-refractivity contribution in [3.05, 3.63) is 98.5 Å². The second-order valence-corrected chi connectivity index (χ2v) is 9.28. The summed E-state index contributed by atoms with van der Waals surface area (Å²) in [6.45, 7) is 6.44. The third-order valence-electron chi connectivity index (χ3n) is 5.94. The molecule has 0 spiro atoms. The number of anilines is 1. The van der Waals surface area contributed by atoms with Gasteiger partial charge in [-0.1, -0.05) is 53.2 Å². The van der Waals surface area contributed by atoms with E-state index in [0.717, 1.165) is 26.9 Å². The second-order valence-electron chi connectivity index (χ2n) is 8.37. The molecule has 6 nitrogen and oxygen atoms in total. The Kier molecular flexibility index (Phi) is 7.17. The van der Waals surface area contributed by atoms with Crippen molar-refractivity contribution in [2.75, 3.05) is 4.90 Å². The molecule has 1 heterocycles. The summed E-state index contributed by atoms with van der Waals surface area (Å²) < 4.78 is 6.81. The van der Waals surface area contributed by atoms with Crippen LogP contribution in [0.1, 0.15) is 34.7 Å². The van der Waals surface area contributed by atoms with Crippen molar-refractivity contribution in [2.45, 2.75) is 33.8 Å². The van der Waals surface area contributed by atoms with E-state index in [1.165, 1.54) is 17.2 Å². The lowest BCUT2D eigenvalue weighted by molar-refractivity contribution is -0.122. The Labute approximate surface area is 212 Å². The molecule has 0 aromatic heterocycles. The molecule has 178 valence electrons. The number of benzene rings is 3. The Morgan fingerprint density at radius 3 is 2.31 bits per heavy atom. The van der Waals surface area contributed by atoms with E-state index in [1.807, 2.05) is 44.2 Å². The van der Waals surface area contributed by atoms with E-state index in [4.69, 9.17) is 4.74 Å². The molecule has 3 aromatic carbocycles. The minimum atomic E-state index is -0.776. The summed E-state index contributed by atoms with van der Waals surface area (Å²) >= 11 is 3.44. The van der Waals surface area contributed by atoms with E-state index in [9.17, 15) is 14.4 Å². The topological polar surface area (TPSA) is 75.7 Å². The number of amides is 4. The fourth-order valence-corrected chi connectivity index (χ4v) is 4.12. The standard InChI is InChI=1S/C28H25BrN2O4/c1-4-19-7-10-23(11-8-19)31-27(33)24(26(32)30-28(31)34)15-21-14-22(29)9-12-25(21)35-16-20-6-5-17(2)18(3)13-20/h5-15H,4,16H2,1-3H3,(H,30,32,34)/b24-15+. The van der Waals surface area contributed by atoms with Crippen LogP contribution >= 0.6 is 15.9 Å². The van der Waals surface area contributed by atoms with E-state index < -0.39 is 17.8 Å². The summed E-state index contributed by atoms with van der Waals surface area (Å²) in [5.41, 5.74) is 5.23. The van der Waals surface area contributed by atoms with Gasteiger partial charge >= 0.3 is 6.03 Å². The van der Waals surface area contributed by atoms with Crippen LogP contribution in [0.15, 0.2) is 70.7 Å². The van der Waals surface area contributed by atoms with Gasteiger partial charge in [0.15, 0.2) is 0 Å². The molecule has 7 heteroatoms. The zero-order chi connectivity index (χ0) is 25.1. The van der Waals surface area contributed by atoms with Crippen molar-refractivity contribution in [3.8, 4) is 5.75 Å². The number of imide groups is 2. The first kappa shape index (κ1) is 24.4. The molecule has 0 saturated carbocycles.